The molecule has 1 saturated heterocycles. The fourth-order valence-corrected chi connectivity index (χ4v) is 4.00. The van der Waals surface area contributed by atoms with E-state index in [4.69, 9.17) is 0 Å². The number of carbonyl (C=O) groups excluding carboxylic acids is 1. The highest BCUT2D eigenvalue weighted by Gasteiger charge is 2.19. The van der Waals surface area contributed by atoms with Gasteiger partial charge in [-0.05, 0) is 58.2 Å². The van der Waals surface area contributed by atoms with Gasteiger partial charge in [0, 0.05) is 36.5 Å². The van der Waals surface area contributed by atoms with Crippen LogP contribution in [0.25, 0.3) is 6.08 Å². The highest BCUT2D eigenvalue weighted by atomic mass is 16.1. The maximum absolute atomic E-state index is 12.4. The monoisotopic (exact) mass is 394 g/mol. The Hall–Kier alpha value is -2.40. The number of nitrogens with one attached hydrogen (secondary N) is 1. The van der Waals surface area contributed by atoms with Crippen LogP contribution in [0.4, 0.5) is 0 Å². The molecule has 1 aromatic heterocycles. The zero-order chi connectivity index (χ0) is 20.8. The lowest BCUT2D eigenvalue weighted by Crippen LogP contribution is -2.44. The second-order valence-corrected chi connectivity index (χ2v) is 8.19. The van der Waals surface area contributed by atoms with E-state index in [0.29, 0.717) is 0 Å². The first kappa shape index (κ1) is 21.3. The minimum Gasteiger partial charge on any atom is -0.350 e. The van der Waals surface area contributed by atoms with Crippen LogP contribution in [0.1, 0.15) is 54.3 Å². The molecule has 0 unspecified atom stereocenters. The molecule has 5 heteroatoms. The maximum Gasteiger partial charge on any atom is 0.244 e. The largest absolute Gasteiger partial charge is 0.350 e. The van der Waals surface area contributed by atoms with Crippen LogP contribution in [-0.4, -0.2) is 46.3 Å². The lowest BCUT2D eigenvalue weighted by molar-refractivity contribution is -0.117. The summed E-state index contributed by atoms with van der Waals surface area (Å²) in [6.45, 7) is 12.4. The van der Waals surface area contributed by atoms with E-state index < -0.39 is 0 Å². The number of benzene rings is 1. The summed E-state index contributed by atoms with van der Waals surface area (Å²) in [5.74, 6) is -0.0102. The van der Waals surface area contributed by atoms with Gasteiger partial charge in [0.05, 0.1) is 12.2 Å². The molecule has 3 rings (SSSR count). The first-order chi connectivity index (χ1) is 14.0. The molecule has 1 aromatic carbocycles. The molecular formula is C24H34N4O. The third-order valence-electron chi connectivity index (χ3n) is 5.77. The number of rotatable bonds is 7. The Balaban J connectivity index is 1.58. The lowest BCUT2D eigenvalue weighted by Gasteiger charge is -2.31. The molecule has 2 aromatic rings. The Kier molecular flexibility index (Phi) is 7.26. The van der Waals surface area contributed by atoms with Crippen LogP contribution in [0.3, 0.4) is 0 Å². The first-order valence-electron chi connectivity index (χ1n) is 10.8. The van der Waals surface area contributed by atoms with Crippen molar-refractivity contribution in [1.29, 1.82) is 0 Å². The zero-order valence-electron chi connectivity index (χ0n) is 18.2. The third kappa shape index (κ3) is 5.80. The number of aromatic nitrogens is 2. The van der Waals surface area contributed by atoms with Crippen molar-refractivity contribution in [3.63, 3.8) is 0 Å². The second-order valence-electron chi connectivity index (χ2n) is 8.19. The van der Waals surface area contributed by atoms with Gasteiger partial charge in [0.1, 0.15) is 0 Å². The summed E-state index contributed by atoms with van der Waals surface area (Å²) in [5, 5.41) is 7.84. The van der Waals surface area contributed by atoms with Gasteiger partial charge >= 0.3 is 0 Å². The molecule has 0 radical (unpaired) electrons. The van der Waals surface area contributed by atoms with E-state index in [0.717, 1.165) is 56.0 Å². The highest BCUT2D eigenvalue weighted by Crippen LogP contribution is 2.17. The van der Waals surface area contributed by atoms with Gasteiger partial charge in [0.15, 0.2) is 0 Å². The number of aryl methyl sites for hydroxylation is 2. The zero-order valence-corrected chi connectivity index (χ0v) is 18.2. The molecule has 5 nitrogen and oxygen atoms in total. The van der Waals surface area contributed by atoms with Gasteiger partial charge in [-0.1, -0.05) is 36.8 Å². The number of nitrogens with zero attached hydrogens (tertiary/aromatic N) is 3. The lowest BCUT2D eigenvalue weighted by atomic mass is 10.0. The van der Waals surface area contributed by atoms with Crippen molar-refractivity contribution in [3.05, 3.63) is 58.4 Å². The molecule has 1 aliphatic rings. The summed E-state index contributed by atoms with van der Waals surface area (Å²) >= 11 is 0. The van der Waals surface area contributed by atoms with Gasteiger partial charge < -0.3 is 10.2 Å². The fraction of sp³-hybridized carbons (Fsp3) is 0.500. The summed E-state index contributed by atoms with van der Waals surface area (Å²) in [5.41, 5.74) is 5.55. The van der Waals surface area contributed by atoms with Crippen molar-refractivity contribution in [1.82, 2.24) is 20.0 Å². The van der Waals surface area contributed by atoms with E-state index in [-0.39, 0.29) is 11.9 Å². The van der Waals surface area contributed by atoms with Crippen LogP contribution >= 0.6 is 0 Å². The minimum atomic E-state index is -0.0102. The summed E-state index contributed by atoms with van der Waals surface area (Å²) < 4.78 is 2.01. The number of piperidine rings is 1. The molecule has 29 heavy (non-hydrogen) atoms. The van der Waals surface area contributed by atoms with Crippen molar-refractivity contribution in [3.8, 4) is 0 Å². The van der Waals surface area contributed by atoms with Crippen molar-refractivity contribution in [2.24, 2.45) is 0 Å². The normalized spacial score (nSPS) is 15.9. The topological polar surface area (TPSA) is 50.2 Å². The standard InChI is InChI=1S/C24H34N4O/c1-5-14-27-15-12-22(13-16-27)25-24(29)11-10-23-19(3)26-28(20(23)4)17-21-8-6-18(2)7-9-21/h6-11,22H,5,12-17H2,1-4H3,(H,25,29)/b11-10+. The number of hydrogen-bond donors (Lipinski definition) is 1. The number of likely N-dealkylation sites (tertiary alicyclic amines) is 1. The Morgan fingerprint density at radius 3 is 2.52 bits per heavy atom. The number of carbonyl (C=O) groups is 1. The smallest absolute Gasteiger partial charge is 0.244 e. The Morgan fingerprint density at radius 1 is 1.17 bits per heavy atom. The Labute approximate surface area is 174 Å². The van der Waals surface area contributed by atoms with Crippen LogP contribution in [0.2, 0.25) is 0 Å². The van der Waals surface area contributed by atoms with Gasteiger partial charge in [0.25, 0.3) is 0 Å². The van der Waals surface area contributed by atoms with E-state index in [1.165, 1.54) is 17.5 Å². The predicted octanol–water partition coefficient (Wildman–Crippen LogP) is 3.86. The average molecular weight is 395 g/mol. The van der Waals surface area contributed by atoms with E-state index in [1.807, 2.05) is 17.7 Å². The molecule has 1 aliphatic heterocycles. The van der Waals surface area contributed by atoms with E-state index >= 15 is 0 Å². The minimum absolute atomic E-state index is 0.0102. The molecule has 1 amide bonds. The van der Waals surface area contributed by atoms with E-state index in [2.05, 4.69) is 60.4 Å². The van der Waals surface area contributed by atoms with Crippen molar-refractivity contribution in [2.75, 3.05) is 19.6 Å². The fourth-order valence-electron chi connectivity index (χ4n) is 4.00. The van der Waals surface area contributed by atoms with Crippen LogP contribution in [0.5, 0.6) is 0 Å². The van der Waals surface area contributed by atoms with Crippen LogP contribution in [-0.2, 0) is 11.3 Å². The molecule has 1 N–H and O–H groups in total. The summed E-state index contributed by atoms with van der Waals surface area (Å²) in [6, 6.07) is 8.81. The second kappa shape index (κ2) is 9.88. The van der Waals surface area contributed by atoms with Gasteiger partial charge in [-0.3, -0.25) is 9.48 Å². The average Bonchev–Trinajstić information content (AvgIpc) is 2.96. The Bertz CT molecular complexity index is 843. The first-order valence-corrected chi connectivity index (χ1v) is 10.8. The van der Waals surface area contributed by atoms with Crippen LogP contribution in [0.15, 0.2) is 30.3 Å². The molecular weight excluding hydrogens is 360 g/mol. The molecule has 2 heterocycles. The molecule has 0 saturated carbocycles. The van der Waals surface area contributed by atoms with Crippen molar-refractivity contribution in [2.45, 2.75) is 59.5 Å². The molecule has 0 aliphatic carbocycles. The summed E-state index contributed by atoms with van der Waals surface area (Å²) in [4.78, 5) is 14.9. The van der Waals surface area contributed by atoms with Gasteiger partial charge in [-0.2, -0.15) is 5.10 Å². The van der Waals surface area contributed by atoms with Gasteiger partial charge in [0.2, 0.25) is 5.91 Å². The third-order valence-corrected chi connectivity index (χ3v) is 5.77. The highest BCUT2D eigenvalue weighted by molar-refractivity contribution is 5.92. The van der Waals surface area contributed by atoms with Crippen LogP contribution < -0.4 is 5.32 Å². The maximum atomic E-state index is 12.4. The van der Waals surface area contributed by atoms with Crippen molar-refractivity contribution >= 4 is 12.0 Å². The Morgan fingerprint density at radius 2 is 1.86 bits per heavy atom. The van der Waals surface area contributed by atoms with E-state index in [1.54, 1.807) is 6.08 Å². The van der Waals surface area contributed by atoms with Gasteiger partial charge in [-0.15, -0.1) is 0 Å². The molecule has 0 bridgehead atoms. The molecule has 0 atom stereocenters. The summed E-state index contributed by atoms with van der Waals surface area (Å²) in [6.07, 6.45) is 6.82. The predicted molar refractivity (Wildman–Crippen MR) is 119 cm³/mol. The summed E-state index contributed by atoms with van der Waals surface area (Å²) in [7, 11) is 0. The number of amides is 1. The molecule has 0 spiro atoms. The van der Waals surface area contributed by atoms with Crippen LogP contribution in [0, 0.1) is 20.8 Å². The molecule has 1 fully saturated rings. The number of hydrogen-bond acceptors (Lipinski definition) is 3. The molecule has 156 valence electrons. The SMILES string of the molecule is CCCN1CCC(NC(=O)/C=C/c2c(C)nn(Cc3ccc(C)cc3)c2C)CC1. The quantitative estimate of drug-likeness (QED) is 0.726. The van der Waals surface area contributed by atoms with Gasteiger partial charge in [-0.25, -0.2) is 0 Å². The van der Waals surface area contributed by atoms with Crippen molar-refractivity contribution < 1.29 is 4.79 Å². The van der Waals surface area contributed by atoms with E-state index in [9.17, 15) is 4.79 Å².